The van der Waals surface area contributed by atoms with E-state index in [0.29, 0.717) is 11.5 Å². The van der Waals surface area contributed by atoms with E-state index in [1.807, 2.05) is 37.3 Å². The largest absolute Gasteiger partial charge is 0.494 e. The van der Waals surface area contributed by atoms with Crippen molar-refractivity contribution in [2.45, 2.75) is 19.9 Å². The first-order valence-electron chi connectivity index (χ1n) is 8.80. The van der Waals surface area contributed by atoms with Crippen molar-refractivity contribution < 1.29 is 9.53 Å². The first-order chi connectivity index (χ1) is 12.7. The molecule has 4 rings (SSSR count). The number of amides is 1. The Labute approximate surface area is 157 Å². The average Bonchev–Trinajstić information content (AvgIpc) is 3.04. The zero-order valence-electron chi connectivity index (χ0n) is 14.6. The molecular formula is C21H20N2O2S. The van der Waals surface area contributed by atoms with Gasteiger partial charge in [-0.2, -0.15) is 4.99 Å². The predicted molar refractivity (Wildman–Crippen MR) is 106 cm³/mol. The quantitative estimate of drug-likeness (QED) is 0.769. The van der Waals surface area contributed by atoms with Crippen LogP contribution in [-0.4, -0.2) is 29.1 Å². The van der Waals surface area contributed by atoms with Crippen LogP contribution in [0.1, 0.15) is 23.6 Å². The van der Waals surface area contributed by atoms with E-state index in [1.165, 1.54) is 22.9 Å². The maximum Gasteiger partial charge on any atom is 0.286 e. The molecule has 0 N–H and O–H groups in total. The van der Waals surface area contributed by atoms with Crippen molar-refractivity contribution in [3.63, 3.8) is 0 Å². The summed E-state index contributed by atoms with van der Waals surface area (Å²) in [5, 5.41) is 0.807. The van der Waals surface area contributed by atoms with Crippen molar-refractivity contribution in [2.24, 2.45) is 4.99 Å². The number of carbonyl (C=O) groups excluding carboxylic acids is 1. The molecule has 0 saturated heterocycles. The Hall–Kier alpha value is -2.53. The molecule has 0 atom stereocenters. The van der Waals surface area contributed by atoms with Crippen LogP contribution in [0, 0.1) is 0 Å². The lowest BCUT2D eigenvalue weighted by molar-refractivity contribution is -0.113. The van der Waals surface area contributed by atoms with Crippen molar-refractivity contribution >= 4 is 28.9 Å². The van der Waals surface area contributed by atoms with E-state index in [9.17, 15) is 4.79 Å². The number of amidine groups is 1. The molecule has 0 saturated carbocycles. The SMILES string of the molecule is CCOc1ccc(C=C2SC(N3CCc4ccccc4C3)=NC2=O)cc1. The summed E-state index contributed by atoms with van der Waals surface area (Å²) in [5.74, 6) is 0.682. The van der Waals surface area contributed by atoms with Gasteiger partial charge in [0.1, 0.15) is 5.75 Å². The van der Waals surface area contributed by atoms with E-state index in [2.05, 4.69) is 34.2 Å². The summed E-state index contributed by atoms with van der Waals surface area (Å²) < 4.78 is 5.45. The molecule has 0 aliphatic carbocycles. The molecule has 2 aromatic carbocycles. The molecule has 0 fully saturated rings. The number of benzene rings is 2. The minimum atomic E-state index is -0.155. The lowest BCUT2D eigenvalue weighted by atomic mass is 10.0. The maximum atomic E-state index is 12.3. The number of rotatable bonds is 3. The molecule has 2 heterocycles. The van der Waals surface area contributed by atoms with Crippen LogP contribution in [0.25, 0.3) is 6.08 Å². The average molecular weight is 364 g/mol. The second-order valence-electron chi connectivity index (χ2n) is 6.25. The second-order valence-corrected chi connectivity index (χ2v) is 7.26. The van der Waals surface area contributed by atoms with Gasteiger partial charge in [0, 0.05) is 13.1 Å². The van der Waals surface area contributed by atoms with Gasteiger partial charge in [0.15, 0.2) is 5.17 Å². The van der Waals surface area contributed by atoms with Crippen molar-refractivity contribution in [1.29, 1.82) is 0 Å². The summed E-state index contributed by atoms with van der Waals surface area (Å²) in [6, 6.07) is 16.2. The van der Waals surface area contributed by atoms with Crippen molar-refractivity contribution in [3.8, 4) is 5.75 Å². The lowest BCUT2D eigenvalue weighted by Gasteiger charge is -2.29. The van der Waals surface area contributed by atoms with Gasteiger partial charge in [0.2, 0.25) is 0 Å². The van der Waals surface area contributed by atoms with Crippen LogP contribution < -0.4 is 4.74 Å². The van der Waals surface area contributed by atoms with Crippen molar-refractivity contribution in [1.82, 2.24) is 4.90 Å². The number of carbonyl (C=O) groups is 1. The maximum absolute atomic E-state index is 12.3. The summed E-state index contributed by atoms with van der Waals surface area (Å²) >= 11 is 1.47. The Morgan fingerprint density at radius 3 is 2.69 bits per heavy atom. The second kappa shape index (κ2) is 7.38. The highest BCUT2D eigenvalue weighted by atomic mass is 32.2. The number of ether oxygens (including phenoxy) is 1. The van der Waals surface area contributed by atoms with E-state index in [0.717, 1.165) is 36.0 Å². The van der Waals surface area contributed by atoms with Crippen molar-refractivity contribution in [2.75, 3.05) is 13.2 Å². The zero-order chi connectivity index (χ0) is 17.9. The summed E-state index contributed by atoms with van der Waals surface area (Å²) in [6.45, 7) is 4.31. The monoisotopic (exact) mass is 364 g/mol. The number of thioether (sulfide) groups is 1. The Kier molecular flexibility index (Phi) is 4.80. The topological polar surface area (TPSA) is 41.9 Å². The normalized spacial score (nSPS) is 18.0. The van der Waals surface area contributed by atoms with Crippen LogP contribution in [0.2, 0.25) is 0 Å². The Morgan fingerprint density at radius 1 is 1.15 bits per heavy atom. The molecule has 2 aromatic rings. The highest BCUT2D eigenvalue weighted by Gasteiger charge is 2.28. The molecule has 5 heteroatoms. The first kappa shape index (κ1) is 16.9. The molecule has 0 unspecified atom stereocenters. The minimum Gasteiger partial charge on any atom is -0.494 e. The molecule has 1 amide bonds. The van der Waals surface area contributed by atoms with Gasteiger partial charge in [-0.05, 0) is 60.0 Å². The third-order valence-electron chi connectivity index (χ3n) is 4.50. The first-order valence-corrected chi connectivity index (χ1v) is 9.62. The Bertz CT molecular complexity index is 887. The van der Waals surface area contributed by atoms with Crippen LogP contribution in [0.15, 0.2) is 58.4 Å². The van der Waals surface area contributed by atoms with Crippen molar-refractivity contribution in [3.05, 3.63) is 70.1 Å². The van der Waals surface area contributed by atoms with Crippen LogP contribution in [0.5, 0.6) is 5.75 Å². The molecular weight excluding hydrogens is 344 g/mol. The van der Waals surface area contributed by atoms with Crippen LogP contribution in [0.4, 0.5) is 0 Å². The third kappa shape index (κ3) is 3.53. The number of aliphatic imine (C=N–C) groups is 1. The molecule has 0 radical (unpaired) electrons. The zero-order valence-corrected chi connectivity index (χ0v) is 15.5. The molecule has 0 aromatic heterocycles. The van der Waals surface area contributed by atoms with Crippen LogP contribution in [0.3, 0.4) is 0 Å². The molecule has 0 bridgehead atoms. The van der Waals surface area contributed by atoms with Crippen LogP contribution in [-0.2, 0) is 17.8 Å². The van der Waals surface area contributed by atoms with E-state index in [-0.39, 0.29) is 5.91 Å². The summed E-state index contributed by atoms with van der Waals surface area (Å²) in [4.78, 5) is 19.5. The van der Waals surface area contributed by atoms with Gasteiger partial charge in [-0.1, -0.05) is 36.4 Å². The minimum absolute atomic E-state index is 0.155. The fourth-order valence-corrected chi connectivity index (χ4v) is 4.11. The van der Waals surface area contributed by atoms with Gasteiger partial charge in [-0.3, -0.25) is 4.79 Å². The number of hydrogen-bond acceptors (Lipinski definition) is 4. The highest BCUT2D eigenvalue weighted by Crippen LogP contribution is 2.32. The highest BCUT2D eigenvalue weighted by molar-refractivity contribution is 8.18. The molecule has 132 valence electrons. The number of fused-ring (bicyclic) bond motifs is 1. The van der Waals surface area contributed by atoms with E-state index in [1.54, 1.807) is 0 Å². The fourth-order valence-electron chi connectivity index (χ4n) is 3.17. The van der Waals surface area contributed by atoms with Gasteiger partial charge in [-0.25, -0.2) is 0 Å². The standard InChI is InChI=1S/C21H20N2O2S/c1-2-25-18-9-7-15(8-10-18)13-19-20(24)22-21(26-19)23-12-11-16-5-3-4-6-17(16)14-23/h3-10,13H,2,11-12,14H2,1H3. The van der Waals surface area contributed by atoms with Crippen LogP contribution >= 0.6 is 11.8 Å². The molecule has 26 heavy (non-hydrogen) atoms. The lowest BCUT2D eigenvalue weighted by Crippen LogP contribution is -2.33. The Balaban J connectivity index is 1.47. The van der Waals surface area contributed by atoms with Gasteiger partial charge in [0.25, 0.3) is 5.91 Å². The van der Waals surface area contributed by atoms with Gasteiger partial charge in [-0.15, -0.1) is 0 Å². The molecule has 2 aliphatic rings. The van der Waals surface area contributed by atoms with E-state index < -0.39 is 0 Å². The molecule has 4 nitrogen and oxygen atoms in total. The van der Waals surface area contributed by atoms with Gasteiger partial charge < -0.3 is 9.64 Å². The summed E-state index contributed by atoms with van der Waals surface area (Å²) in [7, 11) is 0. The summed E-state index contributed by atoms with van der Waals surface area (Å²) in [5.41, 5.74) is 3.69. The van der Waals surface area contributed by atoms with Gasteiger partial charge in [0.05, 0.1) is 11.5 Å². The van der Waals surface area contributed by atoms with E-state index in [4.69, 9.17) is 4.74 Å². The Morgan fingerprint density at radius 2 is 1.92 bits per heavy atom. The predicted octanol–water partition coefficient (Wildman–Crippen LogP) is 4.11. The fraction of sp³-hybridized carbons (Fsp3) is 0.238. The molecule has 0 spiro atoms. The number of nitrogens with zero attached hydrogens (tertiary/aromatic N) is 2. The third-order valence-corrected chi connectivity index (χ3v) is 5.54. The molecule has 2 aliphatic heterocycles. The smallest absolute Gasteiger partial charge is 0.286 e. The number of hydrogen-bond donors (Lipinski definition) is 0. The van der Waals surface area contributed by atoms with Gasteiger partial charge >= 0.3 is 0 Å². The van der Waals surface area contributed by atoms with E-state index >= 15 is 0 Å². The summed E-state index contributed by atoms with van der Waals surface area (Å²) in [6.07, 6.45) is 2.89.